The molecule has 1 aromatic heterocycles. The van der Waals surface area contributed by atoms with Crippen LogP contribution in [0.3, 0.4) is 0 Å². The summed E-state index contributed by atoms with van der Waals surface area (Å²) in [6.07, 6.45) is 3.68. The highest BCUT2D eigenvalue weighted by Crippen LogP contribution is 2.24. The predicted molar refractivity (Wildman–Crippen MR) is 90.7 cm³/mol. The first-order chi connectivity index (χ1) is 11.5. The van der Waals surface area contributed by atoms with Crippen molar-refractivity contribution in [2.45, 2.75) is 19.8 Å². The van der Waals surface area contributed by atoms with Crippen molar-refractivity contribution >= 4 is 11.9 Å². The number of nitrogens with zero attached hydrogens (tertiary/aromatic N) is 2. The molecule has 0 unspecified atom stereocenters. The molecule has 5 nitrogen and oxygen atoms in total. The SMILES string of the molecule is CC(=O)N1CC[C@@H](Cc2ccnc(-c3cccc(C(=O)O)c3)c2)C1. The lowest BCUT2D eigenvalue weighted by Crippen LogP contribution is -2.26. The van der Waals surface area contributed by atoms with Crippen molar-refractivity contribution in [2.75, 3.05) is 13.1 Å². The highest BCUT2D eigenvalue weighted by molar-refractivity contribution is 5.89. The summed E-state index contributed by atoms with van der Waals surface area (Å²) in [5, 5.41) is 9.12. The van der Waals surface area contributed by atoms with Gasteiger partial charge in [0.1, 0.15) is 0 Å². The zero-order valence-electron chi connectivity index (χ0n) is 13.6. The van der Waals surface area contributed by atoms with Crippen molar-refractivity contribution in [3.05, 3.63) is 53.7 Å². The zero-order valence-corrected chi connectivity index (χ0v) is 13.6. The van der Waals surface area contributed by atoms with Crippen LogP contribution in [0.25, 0.3) is 11.3 Å². The van der Waals surface area contributed by atoms with Crippen molar-refractivity contribution < 1.29 is 14.7 Å². The van der Waals surface area contributed by atoms with Gasteiger partial charge >= 0.3 is 5.97 Å². The molecular weight excluding hydrogens is 304 g/mol. The topological polar surface area (TPSA) is 70.5 Å². The molecule has 3 rings (SSSR count). The molecule has 1 aliphatic rings. The van der Waals surface area contributed by atoms with Crippen LogP contribution in [0.2, 0.25) is 0 Å². The average molecular weight is 324 g/mol. The number of hydrogen-bond donors (Lipinski definition) is 1. The van der Waals surface area contributed by atoms with Gasteiger partial charge in [0.2, 0.25) is 5.91 Å². The second kappa shape index (κ2) is 6.83. The van der Waals surface area contributed by atoms with E-state index in [0.717, 1.165) is 42.8 Å². The second-order valence-electron chi connectivity index (χ2n) is 6.26. The summed E-state index contributed by atoms with van der Waals surface area (Å²) < 4.78 is 0. The molecule has 1 aromatic carbocycles. The lowest BCUT2D eigenvalue weighted by atomic mass is 9.97. The van der Waals surface area contributed by atoms with Gasteiger partial charge < -0.3 is 10.0 Å². The minimum absolute atomic E-state index is 0.137. The number of carbonyl (C=O) groups is 2. The number of carboxylic acids is 1. The second-order valence-corrected chi connectivity index (χ2v) is 6.26. The Kier molecular flexibility index (Phi) is 4.60. The maximum Gasteiger partial charge on any atom is 0.335 e. The van der Waals surface area contributed by atoms with E-state index >= 15 is 0 Å². The minimum atomic E-state index is -0.941. The minimum Gasteiger partial charge on any atom is -0.478 e. The van der Waals surface area contributed by atoms with E-state index in [1.165, 1.54) is 0 Å². The third kappa shape index (κ3) is 3.62. The fourth-order valence-corrected chi connectivity index (χ4v) is 3.19. The van der Waals surface area contributed by atoms with Crippen LogP contribution in [0.1, 0.15) is 29.3 Å². The number of hydrogen-bond acceptors (Lipinski definition) is 3. The van der Waals surface area contributed by atoms with Crippen molar-refractivity contribution in [2.24, 2.45) is 5.92 Å². The number of amides is 1. The first kappa shape index (κ1) is 16.2. The summed E-state index contributed by atoms with van der Waals surface area (Å²) in [6, 6.07) is 10.8. The highest BCUT2D eigenvalue weighted by atomic mass is 16.4. The first-order valence-electron chi connectivity index (χ1n) is 8.07. The van der Waals surface area contributed by atoms with Crippen LogP contribution in [-0.2, 0) is 11.2 Å². The van der Waals surface area contributed by atoms with Gasteiger partial charge in [0.15, 0.2) is 0 Å². The van der Waals surface area contributed by atoms with E-state index in [0.29, 0.717) is 5.92 Å². The quantitative estimate of drug-likeness (QED) is 0.939. The Bertz CT molecular complexity index is 773. The third-order valence-corrected chi connectivity index (χ3v) is 4.49. The highest BCUT2D eigenvalue weighted by Gasteiger charge is 2.24. The standard InChI is InChI=1S/C19H20N2O3/c1-13(22)21-8-6-15(12-21)9-14-5-7-20-18(10-14)16-3-2-4-17(11-16)19(23)24/h2-5,7,10-11,15H,6,8-9,12H2,1H3,(H,23,24)/t15-/m0/s1. The van der Waals surface area contributed by atoms with Crippen LogP contribution in [0, 0.1) is 5.92 Å². The summed E-state index contributed by atoms with van der Waals surface area (Å²) >= 11 is 0. The van der Waals surface area contributed by atoms with E-state index in [4.69, 9.17) is 5.11 Å². The van der Waals surface area contributed by atoms with Crippen molar-refractivity contribution in [1.29, 1.82) is 0 Å². The summed E-state index contributed by atoms with van der Waals surface area (Å²) in [4.78, 5) is 28.8. The molecule has 0 radical (unpaired) electrons. The van der Waals surface area contributed by atoms with E-state index in [9.17, 15) is 9.59 Å². The molecule has 24 heavy (non-hydrogen) atoms. The normalized spacial score (nSPS) is 17.0. The molecule has 124 valence electrons. The number of carboxylic acid groups (broad SMARTS) is 1. The van der Waals surface area contributed by atoms with E-state index in [2.05, 4.69) is 4.98 Å². The molecule has 0 saturated carbocycles. The van der Waals surface area contributed by atoms with E-state index in [-0.39, 0.29) is 11.5 Å². The lowest BCUT2D eigenvalue weighted by Gasteiger charge is -2.14. The monoisotopic (exact) mass is 324 g/mol. The fraction of sp³-hybridized carbons (Fsp3) is 0.316. The van der Waals surface area contributed by atoms with Gasteiger partial charge in [0.05, 0.1) is 11.3 Å². The van der Waals surface area contributed by atoms with E-state index in [1.54, 1.807) is 31.3 Å². The molecule has 1 N–H and O–H groups in total. The number of carbonyl (C=O) groups excluding carboxylic acids is 1. The van der Waals surface area contributed by atoms with E-state index in [1.807, 2.05) is 23.1 Å². The molecular formula is C19H20N2O3. The lowest BCUT2D eigenvalue weighted by molar-refractivity contribution is -0.127. The summed E-state index contributed by atoms with van der Waals surface area (Å²) in [5.74, 6) is -0.337. The van der Waals surface area contributed by atoms with E-state index < -0.39 is 5.97 Å². The Labute approximate surface area is 140 Å². The average Bonchev–Trinajstić information content (AvgIpc) is 3.04. The van der Waals surface area contributed by atoms with Crippen LogP contribution in [0.15, 0.2) is 42.6 Å². The zero-order chi connectivity index (χ0) is 17.1. The van der Waals surface area contributed by atoms with Crippen molar-refractivity contribution in [1.82, 2.24) is 9.88 Å². The molecule has 0 bridgehead atoms. The Balaban J connectivity index is 1.76. The van der Waals surface area contributed by atoms with Crippen LogP contribution < -0.4 is 0 Å². The Hall–Kier alpha value is -2.69. The largest absolute Gasteiger partial charge is 0.478 e. The van der Waals surface area contributed by atoms with Gasteiger partial charge in [-0.05, 0) is 48.6 Å². The molecule has 2 aromatic rings. The molecule has 1 fully saturated rings. The van der Waals surface area contributed by atoms with Gasteiger partial charge in [-0.2, -0.15) is 0 Å². The van der Waals surface area contributed by atoms with Crippen LogP contribution >= 0.6 is 0 Å². The molecule has 1 saturated heterocycles. The summed E-state index contributed by atoms with van der Waals surface area (Å²) in [6.45, 7) is 3.25. The van der Waals surface area contributed by atoms with Crippen LogP contribution in [-0.4, -0.2) is 40.0 Å². The first-order valence-corrected chi connectivity index (χ1v) is 8.07. The molecule has 0 spiro atoms. The number of pyridine rings is 1. The maximum atomic E-state index is 11.4. The fourth-order valence-electron chi connectivity index (χ4n) is 3.19. The van der Waals surface area contributed by atoms with Crippen LogP contribution in [0.4, 0.5) is 0 Å². The number of aromatic nitrogens is 1. The molecule has 1 atom stereocenters. The Morgan fingerprint density at radius 3 is 2.83 bits per heavy atom. The van der Waals surface area contributed by atoms with Crippen LogP contribution in [0.5, 0.6) is 0 Å². The third-order valence-electron chi connectivity index (χ3n) is 4.49. The van der Waals surface area contributed by atoms with Gasteiger partial charge in [0.25, 0.3) is 0 Å². The number of likely N-dealkylation sites (tertiary alicyclic amines) is 1. The van der Waals surface area contributed by atoms with Gasteiger partial charge in [-0.25, -0.2) is 4.79 Å². The van der Waals surface area contributed by atoms with Gasteiger partial charge in [-0.1, -0.05) is 12.1 Å². The molecule has 2 heterocycles. The molecule has 1 aliphatic heterocycles. The number of aromatic carboxylic acids is 1. The van der Waals surface area contributed by atoms with Crippen molar-refractivity contribution in [3.63, 3.8) is 0 Å². The number of benzene rings is 1. The number of rotatable bonds is 4. The van der Waals surface area contributed by atoms with Gasteiger partial charge in [0, 0.05) is 31.8 Å². The maximum absolute atomic E-state index is 11.4. The molecule has 1 amide bonds. The summed E-state index contributed by atoms with van der Waals surface area (Å²) in [5.41, 5.74) is 2.99. The summed E-state index contributed by atoms with van der Waals surface area (Å²) in [7, 11) is 0. The predicted octanol–water partition coefficient (Wildman–Crippen LogP) is 2.86. The molecule has 5 heteroatoms. The van der Waals surface area contributed by atoms with Gasteiger partial charge in [-0.15, -0.1) is 0 Å². The Morgan fingerprint density at radius 2 is 2.12 bits per heavy atom. The van der Waals surface area contributed by atoms with Gasteiger partial charge in [-0.3, -0.25) is 9.78 Å². The smallest absolute Gasteiger partial charge is 0.335 e. The Morgan fingerprint density at radius 1 is 1.29 bits per heavy atom. The molecule has 0 aliphatic carbocycles. The van der Waals surface area contributed by atoms with Crippen molar-refractivity contribution in [3.8, 4) is 11.3 Å².